The Morgan fingerprint density at radius 1 is 0.949 bits per heavy atom. The van der Waals surface area contributed by atoms with Gasteiger partial charge in [0.25, 0.3) is 10.1 Å². The Hall–Kier alpha value is -3.44. The molecule has 1 heterocycles. The van der Waals surface area contributed by atoms with E-state index in [0.717, 1.165) is 16.7 Å². The van der Waals surface area contributed by atoms with Gasteiger partial charge in [0.15, 0.2) is 6.10 Å². The number of thioether (sulfide) groups is 1. The van der Waals surface area contributed by atoms with E-state index in [2.05, 4.69) is 0 Å². The van der Waals surface area contributed by atoms with E-state index in [1.165, 1.54) is 28.8 Å². The van der Waals surface area contributed by atoms with Gasteiger partial charge >= 0.3 is 5.97 Å². The largest absolute Gasteiger partial charge is 0.448 e. The van der Waals surface area contributed by atoms with Gasteiger partial charge in [0, 0.05) is 0 Å². The van der Waals surface area contributed by atoms with Gasteiger partial charge in [-0.15, -0.1) is 11.8 Å². The lowest BCUT2D eigenvalue weighted by Crippen LogP contribution is -2.67. The number of nitrogens with zero attached hydrogens (tertiary/aromatic N) is 1. The van der Waals surface area contributed by atoms with Crippen LogP contribution in [0.25, 0.3) is 0 Å². The number of ether oxygens (including phenoxy) is 1. The molecule has 206 valence electrons. The quantitative estimate of drug-likeness (QED) is 0.182. The van der Waals surface area contributed by atoms with Crippen molar-refractivity contribution in [1.29, 1.82) is 0 Å². The van der Waals surface area contributed by atoms with Gasteiger partial charge in [-0.3, -0.25) is 14.2 Å². The van der Waals surface area contributed by atoms with Gasteiger partial charge in [-0.25, -0.2) is 4.79 Å². The third-order valence-electron chi connectivity index (χ3n) is 5.98. The Morgan fingerprint density at radius 2 is 1.44 bits per heavy atom. The van der Waals surface area contributed by atoms with Gasteiger partial charge in [0.1, 0.15) is 17.1 Å². The van der Waals surface area contributed by atoms with Gasteiger partial charge < -0.3 is 10.5 Å². The third kappa shape index (κ3) is 7.36. The number of aryl methyl sites for hydroxylation is 1. The van der Waals surface area contributed by atoms with E-state index in [0.29, 0.717) is 5.57 Å². The molecule has 0 spiro atoms. The fraction of sp³-hybridized carbons (Fsp3) is 0.241. The molecule has 0 bridgehead atoms. The second-order valence-corrected chi connectivity index (χ2v) is 11.5. The number of β-lactam (4-membered cyclic amide) rings is 1. The Labute approximate surface area is 233 Å². The number of nitrogens with two attached hydrogens (primary N) is 1. The molecule has 1 saturated heterocycles. The van der Waals surface area contributed by atoms with Gasteiger partial charge in [0.05, 0.1) is 4.90 Å². The maximum atomic E-state index is 13.2. The lowest BCUT2D eigenvalue weighted by molar-refractivity contribution is -0.152. The van der Waals surface area contributed by atoms with Crippen molar-refractivity contribution in [2.24, 2.45) is 5.73 Å². The van der Waals surface area contributed by atoms with Crippen LogP contribution in [-0.4, -0.2) is 47.4 Å². The highest BCUT2D eigenvalue weighted by Crippen LogP contribution is 2.34. The van der Waals surface area contributed by atoms with Crippen molar-refractivity contribution in [2.45, 2.75) is 43.2 Å². The van der Waals surface area contributed by atoms with Crippen molar-refractivity contribution in [1.82, 2.24) is 4.90 Å². The minimum Gasteiger partial charge on any atom is -0.448 e. The van der Waals surface area contributed by atoms with E-state index in [4.69, 9.17) is 15.0 Å². The van der Waals surface area contributed by atoms with Crippen LogP contribution in [0.5, 0.6) is 0 Å². The van der Waals surface area contributed by atoms with Crippen LogP contribution in [0.3, 0.4) is 0 Å². The Morgan fingerprint density at radius 3 is 1.85 bits per heavy atom. The minimum absolute atomic E-state index is 0.0666. The highest BCUT2D eigenvalue weighted by Gasteiger charge is 2.48. The number of carbonyl (C=O) groups excluding carboxylic acids is 2. The molecule has 1 amide bonds. The second-order valence-electron chi connectivity index (χ2n) is 9.10. The molecule has 0 unspecified atom stereocenters. The predicted octanol–water partition coefficient (Wildman–Crippen LogP) is 4.71. The normalized spacial score (nSPS) is 16.6. The van der Waals surface area contributed by atoms with Gasteiger partial charge in [-0.2, -0.15) is 8.42 Å². The van der Waals surface area contributed by atoms with Crippen LogP contribution < -0.4 is 5.73 Å². The van der Waals surface area contributed by atoms with Crippen LogP contribution in [0, 0.1) is 6.92 Å². The number of hydrogen-bond donors (Lipinski definition) is 2. The van der Waals surface area contributed by atoms with Crippen LogP contribution in [0.2, 0.25) is 0 Å². The molecule has 3 aromatic rings. The van der Waals surface area contributed by atoms with Gasteiger partial charge in [-0.1, -0.05) is 78.4 Å². The molecule has 2 atom stereocenters. The van der Waals surface area contributed by atoms with Crippen molar-refractivity contribution >= 4 is 33.8 Å². The molecule has 4 rings (SSSR count). The summed E-state index contributed by atoms with van der Waals surface area (Å²) in [6, 6.07) is 24.5. The van der Waals surface area contributed by atoms with Crippen LogP contribution in [-0.2, 0) is 24.4 Å². The summed E-state index contributed by atoms with van der Waals surface area (Å²) in [6.07, 6.45) is 1.30. The standard InChI is InChI=1S/C22H24N2O3S.C7H8O3S/c1-14(2)18(24-20(25)17(23)21(24)28-3)22(26)27-19(15-10-6-4-7-11-15)16-12-8-5-9-13-16;1-6-2-4-7(5-3-6)11(8,9)10/h4-13,17,19,21H,23H2,1-3H3;2-5H,1H3,(H,8,9,10)/t17-,21-;/m0./s1. The monoisotopic (exact) mass is 568 g/mol. The summed E-state index contributed by atoms with van der Waals surface area (Å²) in [5.41, 5.74) is 9.56. The maximum Gasteiger partial charge on any atom is 0.355 e. The topological polar surface area (TPSA) is 127 Å². The minimum atomic E-state index is -4.02. The zero-order valence-corrected chi connectivity index (χ0v) is 23.8. The first-order chi connectivity index (χ1) is 18.5. The van der Waals surface area contributed by atoms with E-state index in [-0.39, 0.29) is 21.9 Å². The highest BCUT2D eigenvalue weighted by atomic mass is 32.2. The average molecular weight is 569 g/mol. The fourth-order valence-electron chi connectivity index (χ4n) is 3.98. The van der Waals surface area contributed by atoms with Gasteiger partial charge in [0.2, 0.25) is 5.91 Å². The Balaban J connectivity index is 0.000000320. The second kappa shape index (κ2) is 13.1. The predicted molar refractivity (Wildman–Crippen MR) is 152 cm³/mol. The number of rotatable bonds is 7. The maximum absolute atomic E-state index is 13.2. The van der Waals surface area contributed by atoms with Crippen molar-refractivity contribution in [3.63, 3.8) is 0 Å². The summed E-state index contributed by atoms with van der Waals surface area (Å²) >= 11 is 1.44. The first-order valence-electron chi connectivity index (χ1n) is 12.1. The van der Waals surface area contributed by atoms with E-state index in [9.17, 15) is 18.0 Å². The smallest absolute Gasteiger partial charge is 0.355 e. The van der Waals surface area contributed by atoms with E-state index >= 15 is 0 Å². The molecule has 1 aliphatic rings. The summed E-state index contributed by atoms with van der Waals surface area (Å²) in [4.78, 5) is 26.9. The number of likely N-dealkylation sites (tertiary alicyclic amines) is 1. The summed E-state index contributed by atoms with van der Waals surface area (Å²) < 4.78 is 35.5. The van der Waals surface area contributed by atoms with Crippen molar-refractivity contribution in [3.8, 4) is 0 Å². The van der Waals surface area contributed by atoms with E-state index in [1.54, 1.807) is 26.0 Å². The molecular weight excluding hydrogens is 536 g/mol. The highest BCUT2D eigenvalue weighted by molar-refractivity contribution is 7.99. The summed E-state index contributed by atoms with van der Waals surface area (Å²) in [7, 11) is -4.02. The number of amides is 1. The molecule has 10 heteroatoms. The number of allylic oxidation sites excluding steroid dienone is 1. The lowest BCUT2D eigenvalue weighted by Gasteiger charge is -2.45. The zero-order valence-electron chi connectivity index (χ0n) is 22.1. The first kappa shape index (κ1) is 30.1. The average Bonchev–Trinajstić information content (AvgIpc) is 2.92. The Bertz CT molecular complexity index is 1380. The Kier molecular flexibility index (Phi) is 10.1. The van der Waals surface area contributed by atoms with Crippen LogP contribution >= 0.6 is 11.8 Å². The van der Waals surface area contributed by atoms with Crippen molar-refractivity contribution < 1.29 is 27.3 Å². The summed E-state index contributed by atoms with van der Waals surface area (Å²) in [5, 5.41) is -0.267. The van der Waals surface area contributed by atoms with Crippen molar-refractivity contribution in [2.75, 3.05) is 6.26 Å². The van der Waals surface area contributed by atoms with E-state index < -0.39 is 28.2 Å². The lowest BCUT2D eigenvalue weighted by atomic mass is 10.0. The molecule has 3 N–H and O–H groups in total. The van der Waals surface area contributed by atoms with E-state index in [1.807, 2.05) is 73.8 Å². The molecule has 39 heavy (non-hydrogen) atoms. The molecule has 1 aliphatic heterocycles. The molecule has 0 radical (unpaired) electrons. The first-order valence-corrected chi connectivity index (χ1v) is 14.8. The fourth-order valence-corrected chi connectivity index (χ4v) is 5.29. The third-order valence-corrected chi connectivity index (χ3v) is 7.84. The summed E-state index contributed by atoms with van der Waals surface area (Å²) in [5.74, 6) is -0.791. The van der Waals surface area contributed by atoms with Crippen LogP contribution in [0.4, 0.5) is 0 Å². The number of hydrogen-bond acceptors (Lipinski definition) is 7. The number of benzene rings is 3. The van der Waals surface area contributed by atoms with Crippen LogP contribution in [0.1, 0.15) is 36.6 Å². The van der Waals surface area contributed by atoms with Gasteiger partial charge in [-0.05, 0) is 55.9 Å². The molecule has 1 fully saturated rings. The van der Waals surface area contributed by atoms with Crippen molar-refractivity contribution in [3.05, 3.63) is 113 Å². The number of carbonyl (C=O) groups is 2. The molecular formula is C29H32N2O6S2. The molecule has 0 saturated carbocycles. The molecule has 0 aliphatic carbocycles. The molecule has 8 nitrogen and oxygen atoms in total. The molecule has 0 aromatic heterocycles. The zero-order chi connectivity index (χ0) is 28.7. The SMILES string of the molecule is CS[C@H]1[C@@H](N)C(=O)N1C(C(=O)OC(c1ccccc1)c1ccccc1)=C(C)C.Cc1ccc(S(=O)(=O)O)cc1. The van der Waals surface area contributed by atoms with Crippen LogP contribution in [0.15, 0.2) is 101 Å². The molecule has 3 aromatic carbocycles. The number of esters is 1. The summed E-state index contributed by atoms with van der Waals surface area (Å²) in [6.45, 7) is 5.43.